The SMILES string of the molecule is COC(=O)C(=O)N(Cc1ccco1)C1CC1. The molecule has 0 aromatic carbocycles. The lowest BCUT2D eigenvalue weighted by Gasteiger charge is -2.19. The molecule has 1 aliphatic rings. The number of nitrogens with zero attached hydrogens (tertiary/aromatic N) is 1. The Bertz CT molecular complexity index is 381. The second-order valence-electron chi connectivity index (χ2n) is 3.74. The van der Waals surface area contributed by atoms with Gasteiger partial charge < -0.3 is 14.1 Å². The normalized spacial score (nSPS) is 14.6. The van der Waals surface area contributed by atoms with Gasteiger partial charge in [-0.05, 0) is 25.0 Å². The van der Waals surface area contributed by atoms with Crippen LogP contribution in [0.25, 0.3) is 0 Å². The van der Waals surface area contributed by atoms with E-state index in [1.165, 1.54) is 12.0 Å². The first kappa shape index (κ1) is 10.7. The van der Waals surface area contributed by atoms with Crippen molar-refractivity contribution < 1.29 is 18.7 Å². The molecule has 0 radical (unpaired) electrons. The van der Waals surface area contributed by atoms with Crippen LogP contribution in [0.1, 0.15) is 18.6 Å². The van der Waals surface area contributed by atoms with Crippen molar-refractivity contribution in [3.8, 4) is 0 Å². The number of carbonyl (C=O) groups is 2. The molecule has 1 heterocycles. The summed E-state index contributed by atoms with van der Waals surface area (Å²) >= 11 is 0. The lowest BCUT2D eigenvalue weighted by atomic mass is 10.3. The third-order valence-electron chi connectivity index (χ3n) is 2.51. The maximum Gasteiger partial charge on any atom is 0.396 e. The molecular formula is C11H13NO4. The molecule has 86 valence electrons. The number of amides is 1. The molecule has 1 saturated carbocycles. The van der Waals surface area contributed by atoms with Gasteiger partial charge in [-0.3, -0.25) is 4.79 Å². The maximum atomic E-state index is 11.7. The topological polar surface area (TPSA) is 59.8 Å². The van der Waals surface area contributed by atoms with Crippen LogP contribution < -0.4 is 0 Å². The molecule has 1 fully saturated rings. The summed E-state index contributed by atoms with van der Waals surface area (Å²) < 4.78 is 9.59. The molecule has 1 aliphatic carbocycles. The van der Waals surface area contributed by atoms with E-state index in [9.17, 15) is 9.59 Å². The minimum Gasteiger partial charge on any atom is -0.467 e. The Labute approximate surface area is 93.0 Å². The summed E-state index contributed by atoms with van der Waals surface area (Å²) in [4.78, 5) is 24.4. The molecule has 2 rings (SSSR count). The second-order valence-corrected chi connectivity index (χ2v) is 3.74. The standard InChI is InChI=1S/C11H13NO4/c1-15-11(14)10(13)12(8-4-5-8)7-9-3-2-6-16-9/h2-3,6,8H,4-5,7H2,1H3. The van der Waals surface area contributed by atoms with Crippen molar-refractivity contribution in [1.82, 2.24) is 4.90 Å². The van der Waals surface area contributed by atoms with Gasteiger partial charge in [-0.15, -0.1) is 0 Å². The molecule has 0 spiro atoms. The van der Waals surface area contributed by atoms with Crippen LogP contribution in [-0.4, -0.2) is 29.9 Å². The quantitative estimate of drug-likeness (QED) is 0.565. The molecule has 1 aromatic heterocycles. The van der Waals surface area contributed by atoms with Crippen molar-refractivity contribution in [2.75, 3.05) is 7.11 Å². The first-order chi connectivity index (χ1) is 7.72. The van der Waals surface area contributed by atoms with Gasteiger partial charge in [0, 0.05) is 6.04 Å². The average molecular weight is 223 g/mol. The largest absolute Gasteiger partial charge is 0.467 e. The molecular weight excluding hydrogens is 210 g/mol. The monoisotopic (exact) mass is 223 g/mol. The zero-order chi connectivity index (χ0) is 11.5. The predicted molar refractivity (Wildman–Crippen MR) is 54.3 cm³/mol. The van der Waals surface area contributed by atoms with Gasteiger partial charge in [0.05, 0.1) is 19.9 Å². The van der Waals surface area contributed by atoms with Gasteiger partial charge in [0.15, 0.2) is 0 Å². The third kappa shape index (κ3) is 2.24. The zero-order valence-corrected chi connectivity index (χ0v) is 9.01. The van der Waals surface area contributed by atoms with Gasteiger partial charge in [-0.1, -0.05) is 0 Å². The summed E-state index contributed by atoms with van der Waals surface area (Å²) in [6, 6.07) is 3.68. The predicted octanol–water partition coefficient (Wildman–Crippen LogP) is 0.944. The first-order valence-electron chi connectivity index (χ1n) is 5.13. The van der Waals surface area contributed by atoms with E-state index in [0.717, 1.165) is 12.8 Å². The minimum atomic E-state index is -0.821. The summed E-state index contributed by atoms with van der Waals surface area (Å²) in [7, 11) is 1.21. The second kappa shape index (κ2) is 4.38. The summed E-state index contributed by atoms with van der Waals surface area (Å²) in [6.07, 6.45) is 3.41. The number of ether oxygens (including phenoxy) is 1. The molecule has 1 aromatic rings. The Kier molecular flexibility index (Phi) is 2.94. The summed E-state index contributed by atoms with van der Waals surface area (Å²) in [6.45, 7) is 0.325. The Hall–Kier alpha value is -1.78. The van der Waals surface area contributed by atoms with E-state index in [1.54, 1.807) is 18.4 Å². The van der Waals surface area contributed by atoms with Gasteiger partial charge >= 0.3 is 11.9 Å². The fourth-order valence-electron chi connectivity index (χ4n) is 1.53. The fourth-order valence-corrected chi connectivity index (χ4v) is 1.53. The molecule has 0 unspecified atom stereocenters. The van der Waals surface area contributed by atoms with Crippen LogP contribution in [0.15, 0.2) is 22.8 Å². The van der Waals surface area contributed by atoms with E-state index in [1.807, 2.05) is 0 Å². The molecule has 5 heteroatoms. The van der Waals surface area contributed by atoms with E-state index >= 15 is 0 Å². The molecule has 0 aliphatic heterocycles. The third-order valence-corrected chi connectivity index (χ3v) is 2.51. The van der Waals surface area contributed by atoms with Gasteiger partial charge in [0.1, 0.15) is 5.76 Å². The summed E-state index contributed by atoms with van der Waals surface area (Å²) in [5, 5.41) is 0. The highest BCUT2D eigenvalue weighted by Crippen LogP contribution is 2.28. The van der Waals surface area contributed by atoms with Gasteiger partial charge in [0.2, 0.25) is 0 Å². The lowest BCUT2D eigenvalue weighted by molar-refractivity contribution is -0.159. The number of carbonyl (C=O) groups excluding carboxylic acids is 2. The van der Waals surface area contributed by atoms with Gasteiger partial charge in [-0.2, -0.15) is 0 Å². The maximum absolute atomic E-state index is 11.7. The van der Waals surface area contributed by atoms with Gasteiger partial charge in [0.25, 0.3) is 0 Å². The Morgan fingerprint density at radius 2 is 2.31 bits per heavy atom. The Morgan fingerprint density at radius 1 is 1.56 bits per heavy atom. The van der Waals surface area contributed by atoms with Crippen molar-refractivity contribution in [2.45, 2.75) is 25.4 Å². The smallest absolute Gasteiger partial charge is 0.396 e. The minimum absolute atomic E-state index is 0.150. The highest BCUT2D eigenvalue weighted by molar-refractivity contribution is 6.32. The van der Waals surface area contributed by atoms with E-state index in [4.69, 9.17) is 4.42 Å². The van der Waals surface area contributed by atoms with E-state index in [-0.39, 0.29) is 6.04 Å². The highest BCUT2D eigenvalue weighted by Gasteiger charge is 2.36. The van der Waals surface area contributed by atoms with Crippen LogP contribution in [0.5, 0.6) is 0 Å². The van der Waals surface area contributed by atoms with Crippen LogP contribution in [0.4, 0.5) is 0 Å². The summed E-state index contributed by atoms with van der Waals surface area (Å²) in [5.41, 5.74) is 0. The van der Waals surface area contributed by atoms with Crippen LogP contribution in [0.2, 0.25) is 0 Å². The number of rotatable bonds is 3. The van der Waals surface area contributed by atoms with Crippen molar-refractivity contribution in [2.24, 2.45) is 0 Å². The Balaban J connectivity index is 2.05. The highest BCUT2D eigenvalue weighted by atomic mass is 16.5. The van der Waals surface area contributed by atoms with Crippen molar-refractivity contribution >= 4 is 11.9 Å². The zero-order valence-electron chi connectivity index (χ0n) is 9.01. The van der Waals surface area contributed by atoms with Crippen molar-refractivity contribution in [3.63, 3.8) is 0 Å². The van der Waals surface area contributed by atoms with E-state index in [0.29, 0.717) is 12.3 Å². The molecule has 0 atom stereocenters. The number of methoxy groups -OCH3 is 1. The number of esters is 1. The van der Waals surface area contributed by atoms with E-state index in [2.05, 4.69) is 4.74 Å². The van der Waals surface area contributed by atoms with Crippen LogP contribution in [0, 0.1) is 0 Å². The van der Waals surface area contributed by atoms with Crippen LogP contribution in [0.3, 0.4) is 0 Å². The molecule has 16 heavy (non-hydrogen) atoms. The average Bonchev–Trinajstić information content (AvgIpc) is 3.01. The van der Waals surface area contributed by atoms with Crippen molar-refractivity contribution in [1.29, 1.82) is 0 Å². The van der Waals surface area contributed by atoms with Gasteiger partial charge in [-0.25, -0.2) is 4.79 Å². The first-order valence-corrected chi connectivity index (χ1v) is 5.13. The number of hydrogen-bond donors (Lipinski definition) is 0. The number of hydrogen-bond acceptors (Lipinski definition) is 4. The molecule has 0 saturated heterocycles. The fraction of sp³-hybridized carbons (Fsp3) is 0.455. The molecule has 1 amide bonds. The summed E-state index contributed by atoms with van der Waals surface area (Å²) in [5.74, 6) is -0.746. The number of furan rings is 1. The Morgan fingerprint density at radius 3 is 2.81 bits per heavy atom. The van der Waals surface area contributed by atoms with Crippen LogP contribution >= 0.6 is 0 Å². The van der Waals surface area contributed by atoms with Crippen molar-refractivity contribution in [3.05, 3.63) is 24.2 Å². The van der Waals surface area contributed by atoms with Crippen LogP contribution in [-0.2, 0) is 20.9 Å². The molecule has 0 N–H and O–H groups in total. The molecule has 5 nitrogen and oxygen atoms in total. The molecule has 0 bridgehead atoms. The van der Waals surface area contributed by atoms with E-state index < -0.39 is 11.9 Å². The lowest BCUT2D eigenvalue weighted by Crippen LogP contribution is -2.38.